The van der Waals surface area contributed by atoms with Crippen molar-refractivity contribution < 1.29 is 9.63 Å². The molecule has 0 aliphatic rings. The number of carbonyl (C=O) groups excluding carboxylic acids is 1. The normalized spacial score (nSPS) is 8.62. The van der Waals surface area contributed by atoms with E-state index in [0.717, 1.165) is 12.8 Å². The molecule has 0 aliphatic carbocycles. The van der Waals surface area contributed by atoms with Crippen molar-refractivity contribution in [1.82, 2.24) is 5.48 Å². The van der Waals surface area contributed by atoms with E-state index in [-0.39, 0.29) is 0 Å². The van der Waals surface area contributed by atoms with Crippen molar-refractivity contribution in [2.75, 3.05) is 6.54 Å². The third-order valence-corrected chi connectivity index (χ3v) is 0.705. The fraction of sp³-hybridized carbons (Fsp3) is 0.800. The molecule has 0 fully saturated rings. The molecule has 0 unspecified atom stereocenters. The first-order valence-corrected chi connectivity index (χ1v) is 2.61. The summed E-state index contributed by atoms with van der Waals surface area (Å²) in [6.45, 7) is 3.84. The van der Waals surface area contributed by atoms with Crippen LogP contribution in [0.3, 0.4) is 0 Å². The summed E-state index contributed by atoms with van der Waals surface area (Å²) < 4.78 is 0. The van der Waals surface area contributed by atoms with Gasteiger partial charge in [-0.2, -0.15) is 0 Å². The molecule has 0 aliphatic heterocycles. The Labute approximate surface area is 49.0 Å². The van der Waals surface area contributed by atoms with E-state index in [0.29, 0.717) is 6.54 Å². The molecule has 0 aromatic heterocycles. The molecule has 3 nitrogen and oxygen atoms in total. The second kappa shape index (κ2) is 6.43. The number of rotatable bonds is 5. The van der Waals surface area contributed by atoms with Crippen LogP contribution >= 0.6 is 0 Å². The van der Waals surface area contributed by atoms with Gasteiger partial charge < -0.3 is 4.84 Å². The van der Waals surface area contributed by atoms with Gasteiger partial charge in [-0.25, -0.2) is 4.79 Å². The van der Waals surface area contributed by atoms with E-state index >= 15 is 0 Å². The first-order chi connectivity index (χ1) is 3.91. The first kappa shape index (κ1) is 7.43. The van der Waals surface area contributed by atoms with Crippen LogP contribution in [-0.2, 0) is 9.63 Å². The van der Waals surface area contributed by atoms with Crippen molar-refractivity contribution in [2.45, 2.75) is 19.8 Å². The average molecular weight is 115 g/mol. The van der Waals surface area contributed by atoms with Crippen LogP contribution in [0.15, 0.2) is 0 Å². The van der Waals surface area contributed by atoms with Crippen molar-refractivity contribution in [3.63, 3.8) is 0 Å². The van der Waals surface area contributed by atoms with E-state index in [2.05, 4.69) is 10.3 Å². The highest BCUT2D eigenvalue weighted by Gasteiger charge is 1.84. The minimum absolute atomic E-state index is 0.589. The SMILES string of the molecule is CCCC[N]O[C]=O. The van der Waals surface area contributed by atoms with Crippen molar-refractivity contribution in [3.8, 4) is 0 Å². The number of hydrogen-bond acceptors (Lipinski definition) is 2. The lowest BCUT2D eigenvalue weighted by molar-refractivity contribution is 0.158. The lowest BCUT2D eigenvalue weighted by Gasteiger charge is -1.91. The summed E-state index contributed by atoms with van der Waals surface area (Å²) in [7, 11) is 0. The van der Waals surface area contributed by atoms with Crippen LogP contribution in [0.2, 0.25) is 0 Å². The van der Waals surface area contributed by atoms with Gasteiger partial charge >= 0.3 is 6.47 Å². The van der Waals surface area contributed by atoms with Crippen molar-refractivity contribution in [1.29, 1.82) is 0 Å². The number of hydrogen-bond donors (Lipinski definition) is 0. The zero-order chi connectivity index (χ0) is 6.24. The van der Waals surface area contributed by atoms with E-state index in [1.807, 2.05) is 6.92 Å². The van der Waals surface area contributed by atoms with Gasteiger partial charge in [0, 0.05) is 0 Å². The van der Waals surface area contributed by atoms with Gasteiger partial charge in [-0.15, -0.1) is 0 Å². The molecule has 2 radical (unpaired) electrons. The lowest BCUT2D eigenvalue weighted by atomic mass is 10.3. The Morgan fingerprint density at radius 1 is 1.75 bits per heavy atom. The van der Waals surface area contributed by atoms with E-state index in [4.69, 9.17) is 0 Å². The van der Waals surface area contributed by atoms with Crippen LogP contribution in [0.5, 0.6) is 0 Å². The van der Waals surface area contributed by atoms with Crippen LogP contribution in [-0.4, -0.2) is 13.0 Å². The molecule has 0 heterocycles. The standard InChI is InChI=1S/C5H9NO2/c1-2-3-4-6-8-5-7/h2-4H2,1H3. The topological polar surface area (TPSA) is 40.4 Å². The number of nitrogens with zero attached hydrogens (tertiary/aromatic N) is 1. The Kier molecular flexibility index (Phi) is 5.97. The summed E-state index contributed by atoms with van der Waals surface area (Å²) in [5.74, 6) is 0. The Bertz CT molecular complexity index is 56.4. The lowest BCUT2D eigenvalue weighted by Crippen LogP contribution is -2.05. The molecule has 0 rings (SSSR count). The highest BCUT2D eigenvalue weighted by atomic mass is 16.7. The van der Waals surface area contributed by atoms with Gasteiger partial charge in [-0.1, -0.05) is 13.3 Å². The Morgan fingerprint density at radius 2 is 2.50 bits per heavy atom. The van der Waals surface area contributed by atoms with Crippen LogP contribution in [0.1, 0.15) is 19.8 Å². The fourth-order valence-corrected chi connectivity index (χ4v) is 0.295. The van der Waals surface area contributed by atoms with Gasteiger partial charge in [0.15, 0.2) is 0 Å². The van der Waals surface area contributed by atoms with Crippen molar-refractivity contribution in [2.24, 2.45) is 0 Å². The van der Waals surface area contributed by atoms with Crippen LogP contribution in [0, 0.1) is 0 Å². The van der Waals surface area contributed by atoms with E-state index < -0.39 is 0 Å². The van der Waals surface area contributed by atoms with Gasteiger partial charge in [0.2, 0.25) is 0 Å². The number of unbranched alkanes of at least 4 members (excludes halogenated alkanes) is 1. The zero-order valence-corrected chi connectivity index (χ0v) is 4.89. The molecule has 0 saturated carbocycles. The van der Waals surface area contributed by atoms with Gasteiger partial charge in [0.05, 0.1) is 6.54 Å². The summed E-state index contributed by atoms with van der Waals surface area (Å²) in [6.07, 6.45) is 2.02. The highest BCUT2D eigenvalue weighted by molar-refractivity contribution is 5.37. The second-order valence-corrected chi connectivity index (χ2v) is 1.38. The van der Waals surface area contributed by atoms with E-state index in [9.17, 15) is 4.79 Å². The van der Waals surface area contributed by atoms with Crippen LogP contribution < -0.4 is 5.48 Å². The molecular formula is C5H9NO2. The second-order valence-electron chi connectivity index (χ2n) is 1.38. The molecule has 0 saturated heterocycles. The Balaban J connectivity index is 2.62. The summed E-state index contributed by atoms with van der Waals surface area (Å²) in [5.41, 5.74) is 3.36. The first-order valence-electron chi connectivity index (χ1n) is 2.61. The summed E-state index contributed by atoms with van der Waals surface area (Å²) in [5, 5.41) is 0. The molecule has 0 atom stereocenters. The summed E-state index contributed by atoms with van der Waals surface area (Å²) in [6, 6.07) is 0. The van der Waals surface area contributed by atoms with Gasteiger partial charge in [0.25, 0.3) is 0 Å². The van der Waals surface area contributed by atoms with Crippen molar-refractivity contribution >= 4 is 6.47 Å². The molecule has 8 heavy (non-hydrogen) atoms. The van der Waals surface area contributed by atoms with Gasteiger partial charge in [-0.3, -0.25) is 0 Å². The summed E-state index contributed by atoms with van der Waals surface area (Å²) in [4.78, 5) is 13.3. The molecule has 0 amide bonds. The molecule has 0 aromatic carbocycles. The maximum atomic E-state index is 9.33. The maximum absolute atomic E-state index is 9.33. The molecule has 0 bridgehead atoms. The smallest absolute Gasteiger partial charge is 0.340 e. The van der Waals surface area contributed by atoms with Gasteiger partial charge in [-0.05, 0) is 11.9 Å². The Hall–Kier alpha value is -0.570. The molecular weight excluding hydrogens is 106 g/mol. The highest BCUT2D eigenvalue weighted by Crippen LogP contribution is 1.82. The van der Waals surface area contributed by atoms with Crippen molar-refractivity contribution in [3.05, 3.63) is 0 Å². The van der Waals surface area contributed by atoms with E-state index in [1.54, 1.807) is 0 Å². The number of hydroxylamine groups is 1. The molecule has 0 aromatic rings. The molecule has 0 N–H and O–H groups in total. The quantitative estimate of drug-likeness (QED) is 0.384. The maximum Gasteiger partial charge on any atom is 0.439 e. The third-order valence-electron chi connectivity index (χ3n) is 0.705. The van der Waals surface area contributed by atoms with Crippen LogP contribution in [0.25, 0.3) is 0 Å². The Morgan fingerprint density at radius 3 is 3.00 bits per heavy atom. The molecule has 0 spiro atoms. The predicted molar refractivity (Wildman–Crippen MR) is 28.7 cm³/mol. The average Bonchev–Trinajstić information content (AvgIpc) is 1.81. The van der Waals surface area contributed by atoms with E-state index in [1.165, 1.54) is 6.47 Å². The molecule has 3 heteroatoms. The predicted octanol–water partition coefficient (Wildman–Crippen LogP) is 0.390. The minimum Gasteiger partial charge on any atom is -0.340 e. The zero-order valence-electron chi connectivity index (χ0n) is 4.89. The third kappa shape index (κ3) is 5.43. The fourth-order valence-electron chi connectivity index (χ4n) is 0.295. The summed E-state index contributed by atoms with van der Waals surface area (Å²) >= 11 is 0. The molecule has 46 valence electrons. The minimum atomic E-state index is 0.589. The monoisotopic (exact) mass is 115 g/mol. The largest absolute Gasteiger partial charge is 0.439 e. The van der Waals surface area contributed by atoms with Gasteiger partial charge in [0.1, 0.15) is 0 Å². The van der Waals surface area contributed by atoms with Crippen LogP contribution in [0.4, 0.5) is 0 Å².